The van der Waals surface area contributed by atoms with Crippen molar-refractivity contribution >= 4 is 11.8 Å². The van der Waals surface area contributed by atoms with E-state index in [2.05, 4.69) is 58.3 Å². The van der Waals surface area contributed by atoms with Crippen LogP contribution >= 0.6 is 0 Å². The molecule has 1 N–H and O–H groups in total. The molecule has 0 unspecified atom stereocenters. The summed E-state index contributed by atoms with van der Waals surface area (Å²) in [5.41, 5.74) is 3.91. The number of aryl methyl sites for hydroxylation is 1. The monoisotopic (exact) mass is 254 g/mol. The predicted molar refractivity (Wildman–Crippen MR) is 77.3 cm³/mol. The van der Waals surface area contributed by atoms with Crippen molar-refractivity contribution in [1.29, 1.82) is 0 Å². The number of fused-ring (bicyclic) bond motifs is 1. The van der Waals surface area contributed by atoms with Gasteiger partial charge in [-0.15, -0.1) is 0 Å². The summed E-state index contributed by atoms with van der Waals surface area (Å²) >= 11 is 0. The molecule has 0 spiro atoms. The Balaban J connectivity index is 1.90. The molecule has 2 aromatic rings. The van der Waals surface area contributed by atoms with Crippen molar-refractivity contribution in [3.63, 3.8) is 0 Å². The Morgan fingerprint density at radius 2 is 1.89 bits per heavy atom. The minimum absolute atomic E-state index is 0.707. The number of hydrogen-bond donors (Lipinski definition) is 1. The van der Waals surface area contributed by atoms with Gasteiger partial charge in [-0.05, 0) is 25.0 Å². The molecule has 1 aromatic heterocycles. The summed E-state index contributed by atoms with van der Waals surface area (Å²) in [7, 11) is 0. The highest BCUT2D eigenvalue weighted by Crippen LogP contribution is 2.29. The Morgan fingerprint density at radius 3 is 2.53 bits per heavy atom. The molecule has 0 amide bonds. The molecule has 4 heteroatoms. The first-order valence-corrected chi connectivity index (χ1v) is 6.67. The van der Waals surface area contributed by atoms with Gasteiger partial charge < -0.3 is 10.2 Å². The number of benzene rings is 1. The third-order valence-corrected chi connectivity index (χ3v) is 3.42. The van der Waals surface area contributed by atoms with Crippen LogP contribution < -0.4 is 10.2 Å². The van der Waals surface area contributed by atoms with Crippen LogP contribution in [-0.2, 0) is 13.1 Å². The Labute approximate surface area is 113 Å². The van der Waals surface area contributed by atoms with Crippen LogP contribution in [0.4, 0.5) is 11.8 Å². The van der Waals surface area contributed by atoms with Crippen molar-refractivity contribution in [2.24, 2.45) is 0 Å². The summed E-state index contributed by atoms with van der Waals surface area (Å²) in [4.78, 5) is 11.2. The van der Waals surface area contributed by atoms with E-state index in [1.54, 1.807) is 0 Å². The van der Waals surface area contributed by atoms with Gasteiger partial charge in [-0.1, -0.05) is 24.3 Å². The Morgan fingerprint density at radius 1 is 1.21 bits per heavy atom. The molecule has 0 atom stereocenters. The summed E-state index contributed by atoms with van der Waals surface area (Å²) < 4.78 is 0. The van der Waals surface area contributed by atoms with Crippen molar-refractivity contribution in [3.05, 3.63) is 47.2 Å². The first-order valence-electron chi connectivity index (χ1n) is 6.67. The quantitative estimate of drug-likeness (QED) is 0.914. The summed E-state index contributed by atoms with van der Waals surface area (Å²) in [5, 5.41) is 3.17. The average Bonchev–Trinajstić information content (AvgIpc) is 2.85. The van der Waals surface area contributed by atoms with E-state index in [-0.39, 0.29) is 0 Å². The lowest BCUT2D eigenvalue weighted by molar-refractivity contribution is 0.843. The third kappa shape index (κ3) is 2.26. The van der Waals surface area contributed by atoms with Gasteiger partial charge in [0, 0.05) is 31.4 Å². The van der Waals surface area contributed by atoms with Crippen LogP contribution in [0.1, 0.15) is 23.6 Å². The summed E-state index contributed by atoms with van der Waals surface area (Å²) in [5.74, 6) is 1.74. The van der Waals surface area contributed by atoms with E-state index < -0.39 is 0 Å². The van der Waals surface area contributed by atoms with Crippen LogP contribution in [0.15, 0.2) is 30.5 Å². The van der Waals surface area contributed by atoms with E-state index in [9.17, 15) is 0 Å². The molecule has 0 fully saturated rings. The van der Waals surface area contributed by atoms with E-state index in [1.807, 2.05) is 6.20 Å². The molecule has 19 heavy (non-hydrogen) atoms. The SMILES string of the molecule is CCNc1ncc(C)c(N2Cc3ccccc3C2)n1. The van der Waals surface area contributed by atoms with Crippen LogP contribution in [0.5, 0.6) is 0 Å². The van der Waals surface area contributed by atoms with Crippen molar-refractivity contribution in [2.45, 2.75) is 26.9 Å². The molecule has 0 saturated carbocycles. The Hall–Kier alpha value is -2.10. The third-order valence-electron chi connectivity index (χ3n) is 3.42. The number of rotatable bonds is 3. The number of anilines is 2. The lowest BCUT2D eigenvalue weighted by Gasteiger charge is -2.19. The van der Waals surface area contributed by atoms with Crippen LogP contribution in [0.2, 0.25) is 0 Å². The second kappa shape index (κ2) is 4.88. The van der Waals surface area contributed by atoms with Crippen LogP contribution in [0.3, 0.4) is 0 Å². The van der Waals surface area contributed by atoms with Gasteiger partial charge in [0.2, 0.25) is 5.95 Å². The zero-order valence-corrected chi connectivity index (χ0v) is 11.3. The van der Waals surface area contributed by atoms with Crippen molar-refractivity contribution in [1.82, 2.24) is 9.97 Å². The van der Waals surface area contributed by atoms with E-state index in [0.29, 0.717) is 5.95 Å². The van der Waals surface area contributed by atoms with Gasteiger partial charge in [-0.2, -0.15) is 4.98 Å². The van der Waals surface area contributed by atoms with E-state index >= 15 is 0 Å². The van der Waals surface area contributed by atoms with E-state index in [4.69, 9.17) is 0 Å². The molecule has 0 bridgehead atoms. The van der Waals surface area contributed by atoms with E-state index in [1.165, 1.54) is 11.1 Å². The number of nitrogens with zero attached hydrogens (tertiary/aromatic N) is 3. The fourth-order valence-corrected chi connectivity index (χ4v) is 2.48. The molecule has 98 valence electrons. The Kier molecular flexibility index (Phi) is 3.07. The first kappa shape index (κ1) is 12.0. The van der Waals surface area contributed by atoms with Gasteiger partial charge in [0.05, 0.1) is 0 Å². The molecule has 4 nitrogen and oxygen atoms in total. The number of hydrogen-bond acceptors (Lipinski definition) is 4. The van der Waals surface area contributed by atoms with Gasteiger partial charge in [0.15, 0.2) is 0 Å². The van der Waals surface area contributed by atoms with Crippen molar-refractivity contribution in [3.8, 4) is 0 Å². The zero-order valence-electron chi connectivity index (χ0n) is 11.3. The number of nitrogens with one attached hydrogen (secondary N) is 1. The molecule has 0 radical (unpaired) electrons. The molecule has 0 aliphatic carbocycles. The molecule has 1 aromatic carbocycles. The van der Waals surface area contributed by atoms with Crippen molar-refractivity contribution < 1.29 is 0 Å². The Bertz CT molecular complexity index is 569. The van der Waals surface area contributed by atoms with Gasteiger partial charge in [0.1, 0.15) is 5.82 Å². The second-order valence-electron chi connectivity index (χ2n) is 4.86. The fourth-order valence-electron chi connectivity index (χ4n) is 2.48. The normalized spacial score (nSPS) is 13.5. The van der Waals surface area contributed by atoms with Crippen LogP contribution in [-0.4, -0.2) is 16.5 Å². The van der Waals surface area contributed by atoms with Gasteiger partial charge in [-0.25, -0.2) is 4.98 Å². The zero-order chi connectivity index (χ0) is 13.2. The van der Waals surface area contributed by atoms with Gasteiger partial charge in [0.25, 0.3) is 0 Å². The average molecular weight is 254 g/mol. The predicted octanol–water partition coefficient (Wildman–Crippen LogP) is 2.74. The molecule has 1 aliphatic heterocycles. The second-order valence-corrected chi connectivity index (χ2v) is 4.86. The van der Waals surface area contributed by atoms with E-state index in [0.717, 1.165) is 31.0 Å². The molecule has 1 aliphatic rings. The smallest absolute Gasteiger partial charge is 0.224 e. The minimum atomic E-state index is 0.707. The number of aromatic nitrogens is 2. The standard InChI is InChI=1S/C15H18N4/c1-3-16-15-17-8-11(2)14(18-15)19-9-12-6-4-5-7-13(12)10-19/h4-8H,3,9-10H2,1-2H3,(H,16,17,18). The lowest BCUT2D eigenvalue weighted by atomic mass is 10.1. The van der Waals surface area contributed by atoms with Crippen LogP contribution in [0.25, 0.3) is 0 Å². The van der Waals surface area contributed by atoms with Gasteiger partial charge in [-0.3, -0.25) is 0 Å². The largest absolute Gasteiger partial charge is 0.354 e. The topological polar surface area (TPSA) is 41.1 Å². The summed E-state index contributed by atoms with van der Waals surface area (Å²) in [6.45, 7) is 6.81. The van der Waals surface area contributed by atoms with Crippen LogP contribution in [0, 0.1) is 6.92 Å². The summed E-state index contributed by atoms with van der Waals surface area (Å²) in [6.07, 6.45) is 1.89. The summed E-state index contributed by atoms with van der Waals surface area (Å²) in [6, 6.07) is 8.58. The maximum absolute atomic E-state index is 4.63. The first-order chi connectivity index (χ1) is 9.28. The minimum Gasteiger partial charge on any atom is -0.354 e. The lowest BCUT2D eigenvalue weighted by Crippen LogP contribution is -2.18. The van der Waals surface area contributed by atoms with Crippen molar-refractivity contribution in [2.75, 3.05) is 16.8 Å². The fraction of sp³-hybridized carbons (Fsp3) is 0.333. The molecule has 3 rings (SSSR count). The highest BCUT2D eigenvalue weighted by molar-refractivity contribution is 5.53. The van der Waals surface area contributed by atoms with Gasteiger partial charge >= 0.3 is 0 Å². The maximum atomic E-state index is 4.63. The molecule has 2 heterocycles. The maximum Gasteiger partial charge on any atom is 0.224 e. The molecular formula is C15H18N4. The molecular weight excluding hydrogens is 236 g/mol. The highest BCUT2D eigenvalue weighted by atomic mass is 15.2. The highest BCUT2D eigenvalue weighted by Gasteiger charge is 2.21. The molecule has 0 saturated heterocycles.